The zero-order chi connectivity index (χ0) is 10.7. The Morgan fingerprint density at radius 1 is 1.50 bits per heavy atom. The molecule has 0 bridgehead atoms. The molecular formula is C9H17N3O2. The third-order valence-corrected chi connectivity index (χ3v) is 2.52. The van der Waals surface area contributed by atoms with Crippen LogP contribution in [0, 0.1) is 5.92 Å². The predicted molar refractivity (Wildman–Crippen MR) is 52.1 cm³/mol. The fraction of sp³-hybridized carbons (Fsp3) is 0.778. The highest BCUT2D eigenvalue weighted by atomic mass is 16.2. The van der Waals surface area contributed by atoms with Crippen molar-refractivity contribution in [3.05, 3.63) is 0 Å². The lowest BCUT2D eigenvalue weighted by atomic mass is 9.97. The molecule has 0 radical (unpaired) electrons. The average Bonchev–Trinajstić information content (AvgIpc) is 2.16. The zero-order valence-corrected chi connectivity index (χ0v) is 8.40. The molecule has 2 atom stereocenters. The second-order valence-corrected chi connectivity index (χ2v) is 3.81. The largest absolute Gasteiger partial charge is 0.369 e. The molecule has 1 fully saturated rings. The third-order valence-electron chi connectivity index (χ3n) is 2.52. The summed E-state index contributed by atoms with van der Waals surface area (Å²) in [6, 6.07) is -0.498. The summed E-state index contributed by atoms with van der Waals surface area (Å²) in [6.45, 7) is 2.76. The number of carbonyl (C=O) groups is 2. The molecule has 4 N–H and O–H groups in total. The van der Waals surface area contributed by atoms with Gasteiger partial charge in [-0.15, -0.1) is 0 Å². The molecule has 1 aliphatic heterocycles. The maximum atomic E-state index is 11.5. The Morgan fingerprint density at radius 2 is 2.14 bits per heavy atom. The van der Waals surface area contributed by atoms with Crippen molar-refractivity contribution in [1.82, 2.24) is 4.90 Å². The quantitative estimate of drug-likeness (QED) is 0.601. The van der Waals surface area contributed by atoms with Gasteiger partial charge in [-0.05, 0) is 19.8 Å². The van der Waals surface area contributed by atoms with Crippen LogP contribution in [0.1, 0.15) is 19.8 Å². The fourth-order valence-corrected chi connectivity index (χ4v) is 1.70. The first-order valence-corrected chi connectivity index (χ1v) is 4.86. The number of amides is 2. The number of piperidine rings is 1. The van der Waals surface area contributed by atoms with Crippen molar-refractivity contribution in [3.63, 3.8) is 0 Å². The molecule has 14 heavy (non-hydrogen) atoms. The van der Waals surface area contributed by atoms with E-state index in [1.54, 1.807) is 11.8 Å². The standard InChI is InChI=1S/C9H17N3O2/c1-6(10)9(14)12-4-2-3-7(5-12)8(11)13/h6-7H,2-5,10H2,1H3,(H2,11,13). The Morgan fingerprint density at radius 3 is 2.64 bits per heavy atom. The van der Waals surface area contributed by atoms with Crippen LogP contribution in [-0.4, -0.2) is 35.8 Å². The second-order valence-electron chi connectivity index (χ2n) is 3.81. The number of carbonyl (C=O) groups excluding carboxylic acids is 2. The highest BCUT2D eigenvalue weighted by Crippen LogP contribution is 2.16. The summed E-state index contributed by atoms with van der Waals surface area (Å²) in [5, 5.41) is 0. The topological polar surface area (TPSA) is 89.4 Å². The first-order chi connectivity index (χ1) is 6.52. The van der Waals surface area contributed by atoms with Gasteiger partial charge in [-0.3, -0.25) is 9.59 Å². The molecule has 1 rings (SSSR count). The van der Waals surface area contributed by atoms with E-state index < -0.39 is 6.04 Å². The third kappa shape index (κ3) is 2.45. The van der Waals surface area contributed by atoms with Crippen LogP contribution >= 0.6 is 0 Å². The summed E-state index contributed by atoms with van der Waals surface area (Å²) in [5.41, 5.74) is 10.7. The molecule has 2 amide bonds. The van der Waals surface area contributed by atoms with Gasteiger partial charge >= 0.3 is 0 Å². The van der Waals surface area contributed by atoms with Crippen molar-refractivity contribution in [2.75, 3.05) is 13.1 Å². The van der Waals surface area contributed by atoms with E-state index >= 15 is 0 Å². The lowest BCUT2D eigenvalue weighted by molar-refractivity contribution is -0.135. The average molecular weight is 199 g/mol. The van der Waals surface area contributed by atoms with Crippen molar-refractivity contribution in [2.24, 2.45) is 17.4 Å². The van der Waals surface area contributed by atoms with E-state index in [-0.39, 0.29) is 17.7 Å². The van der Waals surface area contributed by atoms with E-state index in [1.165, 1.54) is 0 Å². The minimum atomic E-state index is -0.498. The van der Waals surface area contributed by atoms with Crippen molar-refractivity contribution < 1.29 is 9.59 Å². The van der Waals surface area contributed by atoms with Crippen LogP contribution in [0.5, 0.6) is 0 Å². The summed E-state index contributed by atoms with van der Waals surface area (Å²) in [5.74, 6) is -0.630. The first kappa shape index (κ1) is 11.0. The highest BCUT2D eigenvalue weighted by molar-refractivity contribution is 5.83. The van der Waals surface area contributed by atoms with Crippen LogP contribution in [0.2, 0.25) is 0 Å². The monoisotopic (exact) mass is 199 g/mol. The fourth-order valence-electron chi connectivity index (χ4n) is 1.70. The van der Waals surface area contributed by atoms with Crippen LogP contribution in [0.25, 0.3) is 0 Å². The van der Waals surface area contributed by atoms with Crippen molar-refractivity contribution >= 4 is 11.8 Å². The van der Waals surface area contributed by atoms with Crippen LogP contribution in [0.3, 0.4) is 0 Å². The van der Waals surface area contributed by atoms with E-state index in [0.717, 1.165) is 12.8 Å². The van der Waals surface area contributed by atoms with Crippen LogP contribution in [0.4, 0.5) is 0 Å². The van der Waals surface area contributed by atoms with Gasteiger partial charge in [0.15, 0.2) is 0 Å². The van der Waals surface area contributed by atoms with E-state index in [2.05, 4.69) is 0 Å². The molecule has 5 heteroatoms. The number of hydrogen-bond acceptors (Lipinski definition) is 3. The zero-order valence-electron chi connectivity index (χ0n) is 8.40. The Hall–Kier alpha value is -1.10. The van der Waals surface area contributed by atoms with Crippen molar-refractivity contribution in [3.8, 4) is 0 Å². The minimum Gasteiger partial charge on any atom is -0.369 e. The molecule has 80 valence electrons. The summed E-state index contributed by atoms with van der Waals surface area (Å²) in [6.07, 6.45) is 1.60. The smallest absolute Gasteiger partial charge is 0.239 e. The summed E-state index contributed by atoms with van der Waals surface area (Å²) < 4.78 is 0. The lowest BCUT2D eigenvalue weighted by Crippen LogP contribution is -2.49. The second kappa shape index (κ2) is 4.41. The predicted octanol–water partition coefficient (Wildman–Crippen LogP) is -0.942. The Labute approximate surface area is 83.4 Å². The molecule has 0 saturated carbocycles. The summed E-state index contributed by atoms with van der Waals surface area (Å²) in [4.78, 5) is 24.1. The highest BCUT2D eigenvalue weighted by Gasteiger charge is 2.27. The molecule has 0 aromatic rings. The molecule has 1 aliphatic rings. The van der Waals surface area contributed by atoms with Gasteiger partial charge in [0, 0.05) is 13.1 Å². The maximum Gasteiger partial charge on any atom is 0.239 e. The van der Waals surface area contributed by atoms with Crippen molar-refractivity contribution in [2.45, 2.75) is 25.8 Å². The minimum absolute atomic E-state index is 0.101. The number of rotatable bonds is 2. The van der Waals surface area contributed by atoms with Crippen molar-refractivity contribution in [1.29, 1.82) is 0 Å². The van der Waals surface area contributed by atoms with E-state index in [0.29, 0.717) is 13.1 Å². The van der Waals surface area contributed by atoms with Crippen LogP contribution in [-0.2, 0) is 9.59 Å². The molecule has 0 aromatic heterocycles. The maximum absolute atomic E-state index is 11.5. The number of likely N-dealkylation sites (tertiary alicyclic amines) is 1. The summed E-state index contributed by atoms with van der Waals surface area (Å²) >= 11 is 0. The SMILES string of the molecule is CC(N)C(=O)N1CCCC(C(N)=O)C1. The number of nitrogens with two attached hydrogens (primary N) is 2. The molecule has 5 nitrogen and oxygen atoms in total. The van der Waals surface area contributed by atoms with Crippen LogP contribution < -0.4 is 11.5 Å². The number of nitrogens with zero attached hydrogens (tertiary/aromatic N) is 1. The Kier molecular flexibility index (Phi) is 3.46. The molecule has 0 aromatic carbocycles. The lowest BCUT2D eigenvalue weighted by Gasteiger charge is -2.32. The number of hydrogen-bond donors (Lipinski definition) is 2. The van der Waals surface area contributed by atoms with Gasteiger partial charge in [-0.2, -0.15) is 0 Å². The van der Waals surface area contributed by atoms with Gasteiger partial charge in [0.2, 0.25) is 11.8 Å². The van der Waals surface area contributed by atoms with Gasteiger partial charge in [0.1, 0.15) is 0 Å². The number of primary amides is 1. The summed E-state index contributed by atoms with van der Waals surface area (Å²) in [7, 11) is 0. The van der Waals surface area contributed by atoms with Gasteiger partial charge in [0.05, 0.1) is 12.0 Å². The molecule has 2 unspecified atom stereocenters. The van der Waals surface area contributed by atoms with Gasteiger partial charge in [-0.25, -0.2) is 0 Å². The van der Waals surface area contributed by atoms with Gasteiger partial charge in [-0.1, -0.05) is 0 Å². The van der Waals surface area contributed by atoms with Gasteiger partial charge in [0.25, 0.3) is 0 Å². The molecule has 0 spiro atoms. The van der Waals surface area contributed by atoms with E-state index in [4.69, 9.17) is 11.5 Å². The van der Waals surface area contributed by atoms with E-state index in [9.17, 15) is 9.59 Å². The first-order valence-electron chi connectivity index (χ1n) is 4.86. The molecule has 0 aliphatic carbocycles. The molecule has 1 saturated heterocycles. The van der Waals surface area contributed by atoms with Gasteiger partial charge < -0.3 is 16.4 Å². The Bertz CT molecular complexity index is 240. The van der Waals surface area contributed by atoms with Crippen LogP contribution in [0.15, 0.2) is 0 Å². The van der Waals surface area contributed by atoms with E-state index in [1.807, 2.05) is 0 Å². The normalized spacial score (nSPS) is 24.4. The molecule has 1 heterocycles. The Balaban J connectivity index is 2.56. The molecular weight excluding hydrogens is 182 g/mol.